The van der Waals surface area contributed by atoms with Gasteiger partial charge in [0.1, 0.15) is 0 Å². The number of carbonyl (C=O) groups excluding carboxylic acids is 2. The minimum absolute atomic E-state index is 0.0104. The van der Waals surface area contributed by atoms with Gasteiger partial charge in [0.25, 0.3) is 0 Å². The van der Waals surface area contributed by atoms with Crippen LogP contribution >= 0.6 is 0 Å². The molecule has 2 fully saturated rings. The van der Waals surface area contributed by atoms with Crippen LogP contribution in [0.3, 0.4) is 0 Å². The van der Waals surface area contributed by atoms with E-state index in [4.69, 9.17) is 0 Å². The highest BCUT2D eigenvalue weighted by Gasteiger charge is 2.68. The summed E-state index contributed by atoms with van der Waals surface area (Å²) in [6.45, 7) is 5.09. The Morgan fingerprint density at radius 2 is 1.89 bits per heavy atom. The second-order valence-corrected chi connectivity index (χ2v) is 8.20. The number of amides is 3. The van der Waals surface area contributed by atoms with E-state index >= 15 is 0 Å². The summed E-state index contributed by atoms with van der Waals surface area (Å²) in [6.07, 6.45) is 0. The molecule has 2 atom stereocenters. The molecule has 0 aliphatic carbocycles. The van der Waals surface area contributed by atoms with Gasteiger partial charge in [0.15, 0.2) is 0 Å². The molecule has 2 aliphatic rings. The van der Waals surface area contributed by atoms with Crippen molar-refractivity contribution in [3.05, 3.63) is 35.9 Å². The van der Waals surface area contributed by atoms with E-state index in [1.54, 1.807) is 9.80 Å². The van der Waals surface area contributed by atoms with E-state index in [-0.39, 0.29) is 36.5 Å². The first kappa shape index (κ1) is 19.6. The Kier molecular flexibility index (Phi) is 5.44. The van der Waals surface area contributed by atoms with Crippen LogP contribution in [-0.4, -0.2) is 89.7 Å². The standard InChI is InChI=1S/C20H30N4O3/c1-14(2)21-19(27)24-16(11-25)18(15-8-6-5-7-9-15)20(24)12-23(13-20)17(26)10-22(3)4/h5-9,14,16,18,25H,10-13H2,1-4H3,(H,21,27)/t16-,18-/m1/s1. The highest BCUT2D eigenvalue weighted by atomic mass is 16.3. The van der Waals surface area contributed by atoms with Crippen LogP contribution in [0.5, 0.6) is 0 Å². The summed E-state index contributed by atoms with van der Waals surface area (Å²) in [4.78, 5) is 30.7. The number of nitrogens with one attached hydrogen (secondary N) is 1. The molecule has 7 heteroatoms. The number of nitrogens with zero attached hydrogens (tertiary/aromatic N) is 3. The number of likely N-dealkylation sites (tertiary alicyclic amines) is 2. The molecule has 0 saturated carbocycles. The average Bonchev–Trinajstić information content (AvgIpc) is 2.52. The minimum Gasteiger partial charge on any atom is -0.394 e. The Balaban J connectivity index is 1.86. The zero-order chi connectivity index (χ0) is 19.8. The highest BCUT2D eigenvalue weighted by molar-refractivity contribution is 5.82. The largest absolute Gasteiger partial charge is 0.394 e. The van der Waals surface area contributed by atoms with Gasteiger partial charge in [-0.25, -0.2) is 4.79 Å². The normalized spacial score (nSPS) is 23.4. The number of hydrogen-bond donors (Lipinski definition) is 2. The zero-order valence-corrected chi connectivity index (χ0v) is 16.6. The fourth-order valence-electron chi connectivity index (χ4n) is 4.46. The van der Waals surface area contributed by atoms with Crippen molar-refractivity contribution in [1.82, 2.24) is 20.0 Å². The van der Waals surface area contributed by atoms with Crippen molar-refractivity contribution in [2.75, 3.05) is 40.3 Å². The van der Waals surface area contributed by atoms with Gasteiger partial charge in [0.2, 0.25) is 5.91 Å². The number of aliphatic hydroxyl groups is 1. The summed E-state index contributed by atoms with van der Waals surface area (Å²) in [6, 6.07) is 9.54. The first-order valence-corrected chi connectivity index (χ1v) is 9.48. The molecule has 1 aromatic carbocycles. The Bertz CT molecular complexity index is 686. The summed E-state index contributed by atoms with van der Waals surface area (Å²) in [5.74, 6) is 0.0825. The van der Waals surface area contributed by atoms with Crippen LogP contribution in [0.4, 0.5) is 4.79 Å². The number of benzene rings is 1. The molecule has 148 valence electrons. The molecule has 0 aromatic heterocycles. The van der Waals surface area contributed by atoms with Crippen LogP contribution in [0.2, 0.25) is 0 Å². The molecular weight excluding hydrogens is 344 g/mol. The molecular formula is C20H30N4O3. The predicted molar refractivity (Wildman–Crippen MR) is 103 cm³/mol. The van der Waals surface area contributed by atoms with Gasteiger partial charge < -0.3 is 25.1 Å². The van der Waals surface area contributed by atoms with Gasteiger partial charge in [0.05, 0.1) is 24.7 Å². The number of hydrogen-bond acceptors (Lipinski definition) is 4. The third kappa shape index (κ3) is 3.41. The average molecular weight is 374 g/mol. The van der Waals surface area contributed by atoms with Crippen molar-refractivity contribution in [3.63, 3.8) is 0 Å². The van der Waals surface area contributed by atoms with Crippen LogP contribution in [0, 0.1) is 0 Å². The Morgan fingerprint density at radius 3 is 2.41 bits per heavy atom. The van der Waals surface area contributed by atoms with E-state index in [0.29, 0.717) is 19.6 Å². The monoisotopic (exact) mass is 374 g/mol. The second kappa shape index (κ2) is 7.48. The first-order valence-electron chi connectivity index (χ1n) is 9.48. The van der Waals surface area contributed by atoms with Gasteiger partial charge in [0, 0.05) is 25.0 Å². The molecule has 2 saturated heterocycles. The third-order valence-corrected chi connectivity index (χ3v) is 5.49. The Morgan fingerprint density at radius 1 is 1.26 bits per heavy atom. The Hall–Kier alpha value is -2.12. The molecule has 0 bridgehead atoms. The van der Waals surface area contributed by atoms with Crippen LogP contribution < -0.4 is 5.32 Å². The first-order chi connectivity index (χ1) is 12.8. The fourth-order valence-corrected chi connectivity index (χ4v) is 4.46. The van der Waals surface area contributed by atoms with Crippen molar-refractivity contribution in [2.24, 2.45) is 0 Å². The molecule has 2 N–H and O–H groups in total. The fraction of sp³-hybridized carbons (Fsp3) is 0.600. The molecule has 7 nitrogen and oxygen atoms in total. The van der Waals surface area contributed by atoms with Crippen molar-refractivity contribution < 1.29 is 14.7 Å². The van der Waals surface area contributed by atoms with E-state index in [0.717, 1.165) is 5.56 Å². The summed E-state index contributed by atoms with van der Waals surface area (Å²) >= 11 is 0. The molecule has 3 rings (SSSR count). The SMILES string of the molecule is CC(C)NC(=O)N1[C@H](CO)[C@@H](c2ccccc2)C12CN(C(=O)CN(C)C)C2. The number of likely N-dealkylation sites (N-methyl/N-ethyl adjacent to an activating group) is 1. The topological polar surface area (TPSA) is 76.1 Å². The Labute approximate surface area is 160 Å². The summed E-state index contributed by atoms with van der Waals surface area (Å²) in [7, 11) is 3.74. The summed E-state index contributed by atoms with van der Waals surface area (Å²) < 4.78 is 0. The van der Waals surface area contributed by atoms with Crippen molar-refractivity contribution in [2.45, 2.75) is 37.4 Å². The van der Waals surface area contributed by atoms with Gasteiger partial charge in [-0.2, -0.15) is 0 Å². The lowest BCUT2D eigenvalue weighted by molar-refractivity contribution is -0.177. The van der Waals surface area contributed by atoms with E-state index in [1.807, 2.05) is 63.2 Å². The molecule has 3 amide bonds. The minimum atomic E-state index is -0.449. The van der Waals surface area contributed by atoms with Crippen LogP contribution in [0.15, 0.2) is 30.3 Å². The number of rotatable bonds is 5. The summed E-state index contributed by atoms with van der Waals surface area (Å²) in [5.41, 5.74) is 0.653. The molecule has 0 unspecified atom stereocenters. The maximum Gasteiger partial charge on any atom is 0.318 e. The quantitative estimate of drug-likeness (QED) is 0.796. The van der Waals surface area contributed by atoms with Gasteiger partial charge in [-0.05, 0) is 33.5 Å². The lowest BCUT2D eigenvalue weighted by Crippen LogP contribution is -2.87. The molecule has 1 aromatic rings. The van der Waals surface area contributed by atoms with Crippen LogP contribution in [0.25, 0.3) is 0 Å². The maximum absolute atomic E-state index is 12.8. The van der Waals surface area contributed by atoms with Crippen molar-refractivity contribution in [3.8, 4) is 0 Å². The van der Waals surface area contributed by atoms with Gasteiger partial charge in [-0.1, -0.05) is 30.3 Å². The van der Waals surface area contributed by atoms with E-state index in [2.05, 4.69) is 5.32 Å². The van der Waals surface area contributed by atoms with Crippen LogP contribution in [-0.2, 0) is 4.79 Å². The molecule has 1 spiro atoms. The van der Waals surface area contributed by atoms with Gasteiger partial charge >= 0.3 is 6.03 Å². The number of aliphatic hydroxyl groups excluding tert-OH is 1. The van der Waals surface area contributed by atoms with Crippen molar-refractivity contribution in [1.29, 1.82) is 0 Å². The van der Waals surface area contributed by atoms with Gasteiger partial charge in [-0.3, -0.25) is 4.79 Å². The summed E-state index contributed by atoms with van der Waals surface area (Å²) in [5, 5.41) is 13.0. The maximum atomic E-state index is 12.8. The third-order valence-electron chi connectivity index (χ3n) is 5.49. The van der Waals surface area contributed by atoms with E-state index < -0.39 is 5.54 Å². The van der Waals surface area contributed by atoms with E-state index in [1.165, 1.54) is 0 Å². The molecule has 2 aliphatic heterocycles. The second-order valence-electron chi connectivity index (χ2n) is 8.20. The predicted octanol–water partition coefficient (Wildman–Crippen LogP) is 0.707. The van der Waals surface area contributed by atoms with Crippen LogP contribution in [0.1, 0.15) is 25.3 Å². The number of urea groups is 1. The highest BCUT2D eigenvalue weighted by Crippen LogP contribution is 2.53. The lowest BCUT2D eigenvalue weighted by Gasteiger charge is -2.70. The smallest absolute Gasteiger partial charge is 0.318 e. The van der Waals surface area contributed by atoms with Gasteiger partial charge in [-0.15, -0.1) is 0 Å². The molecule has 27 heavy (non-hydrogen) atoms. The van der Waals surface area contributed by atoms with Crippen molar-refractivity contribution >= 4 is 11.9 Å². The lowest BCUT2D eigenvalue weighted by atomic mass is 9.61. The molecule has 0 radical (unpaired) electrons. The molecule has 2 heterocycles. The number of carbonyl (C=O) groups is 2. The van der Waals surface area contributed by atoms with E-state index in [9.17, 15) is 14.7 Å². The zero-order valence-electron chi connectivity index (χ0n) is 16.6.